The Bertz CT molecular complexity index is 870. The third-order valence-electron chi connectivity index (χ3n) is 7.64. The fourth-order valence-corrected chi connectivity index (χ4v) is 5.71. The molecule has 15 atom stereocenters. The minimum Gasteiger partial charge on any atom is -0.394 e. The molecule has 40 heavy (non-hydrogen) atoms. The van der Waals surface area contributed by atoms with Gasteiger partial charge in [-0.1, -0.05) is 0 Å². The minimum atomic E-state index is -1.76. The van der Waals surface area contributed by atoms with Crippen LogP contribution >= 0.6 is 0 Å². The zero-order chi connectivity index (χ0) is 29.1. The number of fused-ring (bicyclic) bond motifs is 3. The van der Waals surface area contributed by atoms with Gasteiger partial charge in [-0.15, -0.1) is 0 Å². The van der Waals surface area contributed by atoms with E-state index in [-0.39, 0.29) is 6.61 Å². The molecule has 5 rings (SSSR count). The highest BCUT2D eigenvalue weighted by Gasteiger charge is 2.61. The Balaban J connectivity index is 1.24. The summed E-state index contributed by atoms with van der Waals surface area (Å²) in [6.07, 6.45) is -18.7. The highest BCUT2D eigenvalue weighted by Crippen LogP contribution is 2.44. The van der Waals surface area contributed by atoms with Crippen molar-refractivity contribution in [2.75, 3.05) is 19.8 Å². The van der Waals surface area contributed by atoms with Crippen LogP contribution in [-0.4, -0.2) is 159 Å². The van der Waals surface area contributed by atoms with E-state index >= 15 is 0 Å². The molecule has 16 heteroatoms. The first kappa shape index (κ1) is 30.8. The molecule has 0 unspecified atom stereocenters. The lowest BCUT2D eigenvalue weighted by molar-refractivity contribution is -0.362. The van der Waals surface area contributed by atoms with Gasteiger partial charge in [0.2, 0.25) is 0 Å². The average molecular weight is 585 g/mol. The Morgan fingerprint density at radius 2 is 1.15 bits per heavy atom. The molecule has 0 aromatic carbocycles. The molecule has 0 aliphatic carbocycles. The molecule has 0 saturated carbocycles. The lowest BCUT2D eigenvalue weighted by atomic mass is 9.97. The number of rotatable bonds is 7. The number of ether oxygens (including phenoxy) is 9. The molecule has 7 N–H and O–H groups in total. The van der Waals surface area contributed by atoms with Gasteiger partial charge in [-0.2, -0.15) is 0 Å². The van der Waals surface area contributed by atoms with Crippen molar-refractivity contribution in [1.29, 1.82) is 0 Å². The number of aliphatic hydroxyl groups excluding tert-OH is 7. The Kier molecular flexibility index (Phi) is 8.82. The lowest BCUT2D eigenvalue weighted by Gasteiger charge is -2.46. The molecule has 0 amide bonds. The zero-order valence-corrected chi connectivity index (χ0v) is 22.6. The van der Waals surface area contributed by atoms with Gasteiger partial charge in [0.1, 0.15) is 73.2 Å². The van der Waals surface area contributed by atoms with Gasteiger partial charge < -0.3 is 78.4 Å². The van der Waals surface area contributed by atoms with Gasteiger partial charge in [0.05, 0.1) is 19.8 Å². The maximum Gasteiger partial charge on any atom is 0.190 e. The van der Waals surface area contributed by atoms with E-state index in [0.29, 0.717) is 0 Å². The fraction of sp³-hybridized carbons (Fsp3) is 1.00. The van der Waals surface area contributed by atoms with E-state index in [1.807, 2.05) is 0 Å². The number of hydrogen-bond acceptors (Lipinski definition) is 16. The van der Waals surface area contributed by atoms with Gasteiger partial charge in [-0.3, -0.25) is 0 Å². The zero-order valence-electron chi connectivity index (χ0n) is 22.6. The Hall–Kier alpha value is -0.640. The van der Waals surface area contributed by atoms with Gasteiger partial charge in [-0.25, -0.2) is 0 Å². The van der Waals surface area contributed by atoms with E-state index in [1.54, 1.807) is 27.7 Å². The molecule has 0 radical (unpaired) electrons. The molecule has 5 fully saturated rings. The lowest BCUT2D eigenvalue weighted by Crippen LogP contribution is -2.65. The van der Waals surface area contributed by atoms with Crippen LogP contribution < -0.4 is 0 Å². The second-order valence-corrected chi connectivity index (χ2v) is 11.5. The van der Waals surface area contributed by atoms with E-state index in [1.165, 1.54) is 0 Å². The van der Waals surface area contributed by atoms with Gasteiger partial charge in [0.25, 0.3) is 0 Å². The topological polar surface area (TPSA) is 225 Å². The molecule has 0 aromatic heterocycles. The van der Waals surface area contributed by atoms with Gasteiger partial charge >= 0.3 is 0 Å². The van der Waals surface area contributed by atoms with Crippen molar-refractivity contribution in [3.63, 3.8) is 0 Å². The largest absolute Gasteiger partial charge is 0.394 e. The van der Waals surface area contributed by atoms with Crippen molar-refractivity contribution in [1.82, 2.24) is 0 Å². The summed E-state index contributed by atoms with van der Waals surface area (Å²) in [5.41, 5.74) is 0. The standard InChI is InChI=1S/C24H40O16/c1-23(2)37-17-10(35-22-19(18(17)38-23)39-24(3,4)40-22)7-32-20-15(31)13(29)16(9(6-26)34-20)36-21-14(30)12(28)11(27)8(5-25)33-21/h8-22,25-31H,5-7H2,1-4H3/t8-,9-,10+,11+,12+,13-,14-,15-,16-,17-,18-,19+,20-,21+,22+/m1/s1. The van der Waals surface area contributed by atoms with E-state index in [4.69, 9.17) is 42.6 Å². The van der Waals surface area contributed by atoms with Crippen molar-refractivity contribution in [3.05, 3.63) is 0 Å². The predicted molar refractivity (Wildman–Crippen MR) is 125 cm³/mol. The van der Waals surface area contributed by atoms with Crippen LogP contribution in [0.4, 0.5) is 0 Å². The molecule has 0 spiro atoms. The molecule has 5 saturated heterocycles. The Morgan fingerprint density at radius 3 is 1.82 bits per heavy atom. The van der Waals surface area contributed by atoms with Gasteiger partial charge in [-0.05, 0) is 27.7 Å². The third kappa shape index (κ3) is 5.79. The predicted octanol–water partition coefficient (Wildman–Crippen LogP) is -3.98. The summed E-state index contributed by atoms with van der Waals surface area (Å²) in [5, 5.41) is 71.3. The summed E-state index contributed by atoms with van der Waals surface area (Å²) < 4.78 is 52.4. The van der Waals surface area contributed by atoms with Crippen LogP contribution in [0.1, 0.15) is 27.7 Å². The molecule has 232 valence electrons. The summed E-state index contributed by atoms with van der Waals surface area (Å²) >= 11 is 0. The van der Waals surface area contributed by atoms with Crippen LogP contribution in [0.25, 0.3) is 0 Å². The van der Waals surface area contributed by atoms with Crippen LogP contribution in [0, 0.1) is 0 Å². The fourth-order valence-electron chi connectivity index (χ4n) is 5.71. The van der Waals surface area contributed by atoms with E-state index < -0.39 is 117 Å². The third-order valence-corrected chi connectivity index (χ3v) is 7.64. The minimum absolute atomic E-state index is 0.182. The van der Waals surface area contributed by atoms with Crippen molar-refractivity contribution >= 4 is 0 Å². The van der Waals surface area contributed by atoms with E-state index in [9.17, 15) is 35.7 Å². The van der Waals surface area contributed by atoms with Gasteiger partial charge in [0, 0.05) is 0 Å². The summed E-state index contributed by atoms with van der Waals surface area (Å²) in [4.78, 5) is 0. The summed E-state index contributed by atoms with van der Waals surface area (Å²) in [5.74, 6) is -1.85. The first-order chi connectivity index (χ1) is 18.7. The van der Waals surface area contributed by atoms with Crippen LogP contribution in [0.2, 0.25) is 0 Å². The highest BCUT2D eigenvalue weighted by atomic mass is 16.9. The monoisotopic (exact) mass is 584 g/mol. The van der Waals surface area contributed by atoms with Gasteiger partial charge in [0.15, 0.2) is 30.4 Å². The summed E-state index contributed by atoms with van der Waals surface area (Å²) in [6, 6.07) is 0. The molecular weight excluding hydrogens is 544 g/mol. The van der Waals surface area contributed by atoms with Crippen molar-refractivity contribution < 1.29 is 78.4 Å². The van der Waals surface area contributed by atoms with E-state index in [2.05, 4.69) is 0 Å². The molecular formula is C24H40O16. The van der Waals surface area contributed by atoms with E-state index in [0.717, 1.165) is 0 Å². The molecule has 0 bridgehead atoms. The van der Waals surface area contributed by atoms with Crippen molar-refractivity contribution in [2.24, 2.45) is 0 Å². The molecule has 0 aromatic rings. The van der Waals surface area contributed by atoms with Crippen LogP contribution in [0.15, 0.2) is 0 Å². The maximum absolute atomic E-state index is 10.8. The molecule has 5 aliphatic rings. The van der Waals surface area contributed by atoms with Crippen LogP contribution in [0.5, 0.6) is 0 Å². The number of hydrogen-bond donors (Lipinski definition) is 7. The first-order valence-corrected chi connectivity index (χ1v) is 13.3. The van der Waals surface area contributed by atoms with Crippen LogP contribution in [-0.2, 0) is 42.6 Å². The first-order valence-electron chi connectivity index (χ1n) is 13.3. The average Bonchev–Trinajstić information content (AvgIpc) is 3.39. The quantitative estimate of drug-likeness (QED) is 0.151. The SMILES string of the molecule is CC1(C)O[C@@H]2O[C@@H](CO[C@@H]3O[C@H](CO)[C@@H](O[C@@H]4O[C@H](CO)[C@H](O)[C@H](O)[C@H]4O)[C@H](O)[C@H]3O)[C@H]3OC(C)(C)O[C@H]3[C@@H]2O1. The molecule has 5 heterocycles. The van der Waals surface area contributed by atoms with Crippen LogP contribution in [0.3, 0.4) is 0 Å². The maximum atomic E-state index is 10.8. The second-order valence-electron chi connectivity index (χ2n) is 11.5. The second kappa shape index (κ2) is 11.5. The normalized spacial score (nSPS) is 51.8. The smallest absolute Gasteiger partial charge is 0.190 e. The number of aliphatic hydroxyl groups is 7. The van der Waals surface area contributed by atoms with Crippen molar-refractivity contribution in [2.45, 2.75) is 131 Å². The Labute approximate surface area is 230 Å². The Morgan fingerprint density at radius 1 is 0.575 bits per heavy atom. The summed E-state index contributed by atoms with van der Waals surface area (Å²) in [6.45, 7) is 5.45. The molecule has 16 nitrogen and oxygen atoms in total. The highest BCUT2D eigenvalue weighted by molar-refractivity contribution is 5.00. The summed E-state index contributed by atoms with van der Waals surface area (Å²) in [7, 11) is 0. The molecule has 5 aliphatic heterocycles. The van der Waals surface area contributed by atoms with Crippen molar-refractivity contribution in [3.8, 4) is 0 Å².